The molecule has 0 amide bonds. The summed E-state index contributed by atoms with van der Waals surface area (Å²) in [5, 5.41) is 3.30. The number of terminal acetylenes is 1. The van der Waals surface area contributed by atoms with Crippen LogP contribution >= 0.6 is 0 Å². The Hall–Kier alpha value is -1.97. The van der Waals surface area contributed by atoms with Crippen molar-refractivity contribution in [3.05, 3.63) is 17.5 Å². The van der Waals surface area contributed by atoms with Gasteiger partial charge in [0.15, 0.2) is 5.69 Å². The number of rotatable bonds is 3. The fourth-order valence-electron chi connectivity index (χ4n) is 1.23. The lowest BCUT2D eigenvalue weighted by atomic mass is 10.2. The third-order valence-corrected chi connectivity index (χ3v) is 1.92. The Morgan fingerprint density at radius 2 is 2.29 bits per heavy atom. The predicted octanol–water partition coefficient (Wildman–Crippen LogP) is 1.25. The molecule has 0 aliphatic heterocycles. The Balaban J connectivity index is 3.09. The molecule has 7 heteroatoms. The van der Waals surface area contributed by atoms with E-state index in [0.717, 1.165) is 18.0 Å². The van der Waals surface area contributed by atoms with Crippen LogP contribution in [0.4, 0.5) is 13.2 Å². The highest BCUT2D eigenvalue weighted by Gasteiger charge is 2.37. The quantitative estimate of drug-likeness (QED) is 0.595. The second-order valence-electron chi connectivity index (χ2n) is 3.16. The van der Waals surface area contributed by atoms with Crippen molar-refractivity contribution in [1.29, 1.82) is 0 Å². The number of carbonyl (C=O) groups is 1. The first kappa shape index (κ1) is 13.1. The van der Waals surface area contributed by atoms with E-state index in [4.69, 9.17) is 6.42 Å². The zero-order chi connectivity index (χ0) is 13.1. The minimum absolute atomic E-state index is 0.0930. The number of methoxy groups -OCH3 is 1. The second kappa shape index (κ2) is 4.91. The molecule has 92 valence electrons. The number of carbonyl (C=O) groups excluding carboxylic acids is 1. The van der Waals surface area contributed by atoms with Gasteiger partial charge in [0.25, 0.3) is 0 Å². The molecule has 0 aliphatic carbocycles. The summed E-state index contributed by atoms with van der Waals surface area (Å²) in [6, 6.07) is 0. The molecule has 4 nitrogen and oxygen atoms in total. The van der Waals surface area contributed by atoms with Gasteiger partial charge in [0.1, 0.15) is 6.54 Å². The molecule has 1 aromatic rings. The number of nitrogens with zero attached hydrogens (tertiary/aromatic N) is 2. The van der Waals surface area contributed by atoms with E-state index in [1.165, 1.54) is 0 Å². The van der Waals surface area contributed by atoms with Crippen LogP contribution in [-0.4, -0.2) is 22.9 Å². The molecule has 0 saturated carbocycles. The van der Waals surface area contributed by atoms with Crippen LogP contribution in [0.3, 0.4) is 0 Å². The lowest BCUT2D eigenvalue weighted by Crippen LogP contribution is -2.12. The summed E-state index contributed by atoms with van der Waals surface area (Å²) >= 11 is 0. The zero-order valence-corrected chi connectivity index (χ0v) is 8.91. The highest BCUT2D eigenvalue weighted by atomic mass is 19.4. The van der Waals surface area contributed by atoms with E-state index in [0.29, 0.717) is 0 Å². The van der Waals surface area contributed by atoms with Gasteiger partial charge in [-0.05, 0) is 0 Å². The summed E-state index contributed by atoms with van der Waals surface area (Å²) in [4.78, 5) is 11.0. The van der Waals surface area contributed by atoms with E-state index >= 15 is 0 Å². The van der Waals surface area contributed by atoms with Crippen LogP contribution in [-0.2, 0) is 28.7 Å². The molecule has 0 aromatic carbocycles. The SMILES string of the molecule is C#CCn1cc(CC(=O)OC)c(C(F)(F)F)n1. The number of hydrogen-bond donors (Lipinski definition) is 0. The average Bonchev–Trinajstić information content (AvgIpc) is 2.61. The zero-order valence-electron chi connectivity index (χ0n) is 8.91. The van der Waals surface area contributed by atoms with Crippen molar-refractivity contribution in [2.45, 2.75) is 19.1 Å². The number of ether oxygens (including phenoxy) is 1. The summed E-state index contributed by atoms with van der Waals surface area (Å²) in [6.07, 6.45) is 0.957. The standard InChI is InChI=1S/C10H9F3N2O2/c1-3-4-15-6-7(5-8(16)17-2)9(14-15)10(11,12)13/h1,6H,4-5H2,2H3. The first-order valence-electron chi connectivity index (χ1n) is 4.52. The van der Waals surface area contributed by atoms with Gasteiger partial charge < -0.3 is 4.74 Å². The van der Waals surface area contributed by atoms with Gasteiger partial charge in [-0.3, -0.25) is 9.48 Å². The molecular formula is C10H9F3N2O2. The first-order chi connectivity index (χ1) is 7.88. The van der Waals surface area contributed by atoms with Gasteiger partial charge in [-0.2, -0.15) is 18.3 Å². The topological polar surface area (TPSA) is 44.1 Å². The van der Waals surface area contributed by atoms with Crippen LogP contribution in [0.15, 0.2) is 6.20 Å². The summed E-state index contributed by atoms with van der Waals surface area (Å²) in [5.41, 5.74) is -1.36. The van der Waals surface area contributed by atoms with E-state index in [1.807, 2.05) is 0 Å². The van der Waals surface area contributed by atoms with Gasteiger partial charge >= 0.3 is 12.1 Å². The molecule has 0 aliphatic rings. The van der Waals surface area contributed by atoms with E-state index < -0.39 is 24.3 Å². The third kappa shape index (κ3) is 3.24. The maximum absolute atomic E-state index is 12.6. The van der Waals surface area contributed by atoms with Crippen molar-refractivity contribution in [2.24, 2.45) is 0 Å². The molecule has 17 heavy (non-hydrogen) atoms. The monoisotopic (exact) mass is 246 g/mol. The van der Waals surface area contributed by atoms with Crippen LogP contribution in [0.1, 0.15) is 11.3 Å². The molecular weight excluding hydrogens is 237 g/mol. The van der Waals surface area contributed by atoms with Crippen molar-refractivity contribution in [1.82, 2.24) is 9.78 Å². The van der Waals surface area contributed by atoms with Crippen LogP contribution in [0.2, 0.25) is 0 Å². The molecule has 0 fully saturated rings. The maximum atomic E-state index is 12.6. The fraction of sp³-hybridized carbons (Fsp3) is 0.400. The predicted molar refractivity (Wildman–Crippen MR) is 51.8 cm³/mol. The van der Waals surface area contributed by atoms with E-state index in [-0.39, 0.29) is 12.1 Å². The number of hydrogen-bond acceptors (Lipinski definition) is 3. The van der Waals surface area contributed by atoms with Crippen molar-refractivity contribution < 1.29 is 22.7 Å². The summed E-state index contributed by atoms with van der Waals surface area (Å²) in [6.45, 7) is -0.0930. The minimum atomic E-state index is -4.62. The lowest BCUT2D eigenvalue weighted by Gasteiger charge is -2.04. The molecule has 0 bridgehead atoms. The van der Waals surface area contributed by atoms with Gasteiger partial charge in [0.05, 0.1) is 13.5 Å². The number of alkyl halides is 3. The molecule has 0 atom stereocenters. The van der Waals surface area contributed by atoms with Crippen LogP contribution < -0.4 is 0 Å². The molecule has 1 heterocycles. The number of esters is 1. The Morgan fingerprint density at radius 3 is 2.76 bits per heavy atom. The molecule has 0 unspecified atom stereocenters. The Bertz CT molecular complexity index is 457. The summed E-state index contributed by atoms with van der Waals surface area (Å²) in [5.74, 6) is 1.39. The third-order valence-electron chi connectivity index (χ3n) is 1.92. The molecule has 0 N–H and O–H groups in total. The minimum Gasteiger partial charge on any atom is -0.469 e. The van der Waals surface area contributed by atoms with Gasteiger partial charge in [-0.1, -0.05) is 5.92 Å². The Kier molecular flexibility index (Phi) is 3.78. The number of halogens is 3. The average molecular weight is 246 g/mol. The molecule has 0 radical (unpaired) electrons. The summed E-state index contributed by atoms with van der Waals surface area (Å²) < 4.78 is 43.0. The van der Waals surface area contributed by atoms with Gasteiger partial charge in [-0.15, -0.1) is 6.42 Å². The smallest absolute Gasteiger partial charge is 0.435 e. The molecule has 1 rings (SSSR count). The highest BCUT2D eigenvalue weighted by molar-refractivity contribution is 5.72. The van der Waals surface area contributed by atoms with E-state index in [2.05, 4.69) is 15.8 Å². The van der Waals surface area contributed by atoms with Gasteiger partial charge in [0.2, 0.25) is 0 Å². The van der Waals surface area contributed by atoms with Crippen molar-refractivity contribution in [3.8, 4) is 12.3 Å². The van der Waals surface area contributed by atoms with E-state index in [9.17, 15) is 18.0 Å². The van der Waals surface area contributed by atoms with Crippen molar-refractivity contribution in [3.63, 3.8) is 0 Å². The summed E-state index contributed by atoms with van der Waals surface area (Å²) in [7, 11) is 1.10. The Labute approximate surface area is 95.4 Å². The van der Waals surface area contributed by atoms with Gasteiger partial charge in [0, 0.05) is 11.8 Å². The lowest BCUT2D eigenvalue weighted by molar-refractivity contribution is -0.143. The maximum Gasteiger partial charge on any atom is 0.435 e. The van der Waals surface area contributed by atoms with Crippen LogP contribution in [0.5, 0.6) is 0 Å². The molecule has 1 aromatic heterocycles. The van der Waals surface area contributed by atoms with Crippen LogP contribution in [0, 0.1) is 12.3 Å². The highest BCUT2D eigenvalue weighted by Crippen LogP contribution is 2.30. The first-order valence-corrected chi connectivity index (χ1v) is 4.52. The molecule has 0 spiro atoms. The molecule has 0 saturated heterocycles. The van der Waals surface area contributed by atoms with Gasteiger partial charge in [-0.25, -0.2) is 0 Å². The number of aromatic nitrogens is 2. The fourth-order valence-corrected chi connectivity index (χ4v) is 1.23. The largest absolute Gasteiger partial charge is 0.469 e. The van der Waals surface area contributed by atoms with Crippen LogP contribution in [0.25, 0.3) is 0 Å². The normalized spacial score (nSPS) is 11.0. The van der Waals surface area contributed by atoms with E-state index in [1.54, 1.807) is 0 Å². The Morgan fingerprint density at radius 1 is 1.65 bits per heavy atom. The van der Waals surface area contributed by atoms with Crippen molar-refractivity contribution >= 4 is 5.97 Å². The van der Waals surface area contributed by atoms with Crippen molar-refractivity contribution in [2.75, 3.05) is 7.11 Å². The second-order valence-corrected chi connectivity index (χ2v) is 3.16.